The van der Waals surface area contributed by atoms with Crippen LogP contribution in [-0.2, 0) is 9.59 Å². The molecule has 1 spiro atoms. The molecule has 25 heavy (non-hydrogen) atoms. The Hall–Kier alpha value is -1.35. The van der Waals surface area contributed by atoms with E-state index in [0.29, 0.717) is 30.0 Å². The summed E-state index contributed by atoms with van der Waals surface area (Å²) in [7, 11) is 0. The first-order valence-corrected chi connectivity index (χ1v) is 9.76. The second-order valence-corrected chi connectivity index (χ2v) is 8.10. The van der Waals surface area contributed by atoms with Crippen LogP contribution >= 0.6 is 34.2 Å². The average molecular weight is 476 g/mol. The van der Waals surface area contributed by atoms with Gasteiger partial charge in [-0.2, -0.15) is 0 Å². The number of anilines is 1. The molecule has 1 saturated heterocycles. The predicted octanol–water partition coefficient (Wildman–Crippen LogP) is 3.53. The van der Waals surface area contributed by atoms with E-state index in [-0.39, 0.29) is 30.8 Å². The standard InChI is InChI=1S/C17H19ClIN3O3/c18-12-10-11(19)5-6-13(12)20-14(23)4-3-9-22-15(24)17(21-16(22)25)7-1-2-8-17/h5-6,10H,1-4,7-9H2,(H,20,23)(H,21,25). The fourth-order valence-corrected chi connectivity index (χ4v) is 4.30. The predicted molar refractivity (Wildman–Crippen MR) is 103 cm³/mol. The van der Waals surface area contributed by atoms with Gasteiger partial charge >= 0.3 is 6.03 Å². The highest BCUT2D eigenvalue weighted by Crippen LogP contribution is 2.35. The third-order valence-corrected chi connectivity index (χ3v) is 5.68. The summed E-state index contributed by atoms with van der Waals surface area (Å²) >= 11 is 8.24. The minimum absolute atomic E-state index is 0.143. The molecule has 1 saturated carbocycles. The third kappa shape index (κ3) is 3.92. The molecule has 8 heteroatoms. The molecule has 134 valence electrons. The Morgan fingerprint density at radius 1 is 1.32 bits per heavy atom. The van der Waals surface area contributed by atoms with Crippen molar-refractivity contribution < 1.29 is 14.4 Å². The number of carbonyl (C=O) groups excluding carboxylic acids is 3. The molecular formula is C17H19ClIN3O3. The molecule has 1 aromatic carbocycles. The number of hydrogen-bond donors (Lipinski definition) is 2. The molecule has 1 aromatic rings. The highest BCUT2D eigenvalue weighted by Gasteiger charge is 2.51. The van der Waals surface area contributed by atoms with E-state index in [1.54, 1.807) is 12.1 Å². The number of urea groups is 1. The Morgan fingerprint density at radius 2 is 2.04 bits per heavy atom. The Bertz CT molecular complexity index is 719. The van der Waals surface area contributed by atoms with Gasteiger partial charge in [0, 0.05) is 16.5 Å². The first-order chi connectivity index (χ1) is 11.9. The van der Waals surface area contributed by atoms with Gasteiger partial charge in [0.1, 0.15) is 5.54 Å². The number of benzene rings is 1. The Labute approximate surface area is 164 Å². The maximum Gasteiger partial charge on any atom is 0.325 e. The molecule has 2 fully saturated rings. The topological polar surface area (TPSA) is 78.5 Å². The zero-order chi connectivity index (χ0) is 18.0. The third-order valence-electron chi connectivity index (χ3n) is 4.69. The Balaban J connectivity index is 1.50. The van der Waals surface area contributed by atoms with E-state index in [1.807, 2.05) is 6.07 Å². The maximum atomic E-state index is 12.5. The number of halogens is 2. The van der Waals surface area contributed by atoms with Crippen LogP contribution in [0.3, 0.4) is 0 Å². The summed E-state index contributed by atoms with van der Waals surface area (Å²) in [6.07, 6.45) is 3.97. The molecule has 2 aliphatic rings. The largest absolute Gasteiger partial charge is 0.325 e. The van der Waals surface area contributed by atoms with E-state index >= 15 is 0 Å². The fraction of sp³-hybridized carbons (Fsp3) is 0.471. The van der Waals surface area contributed by atoms with E-state index < -0.39 is 5.54 Å². The van der Waals surface area contributed by atoms with Gasteiger partial charge in [-0.1, -0.05) is 24.4 Å². The van der Waals surface area contributed by atoms with Crippen LogP contribution in [0.25, 0.3) is 0 Å². The Morgan fingerprint density at radius 3 is 2.72 bits per heavy atom. The summed E-state index contributed by atoms with van der Waals surface area (Å²) < 4.78 is 0.986. The van der Waals surface area contributed by atoms with Crippen molar-refractivity contribution in [2.24, 2.45) is 0 Å². The number of rotatable bonds is 5. The van der Waals surface area contributed by atoms with Crippen LogP contribution in [0.4, 0.5) is 10.5 Å². The first kappa shape index (κ1) is 18.4. The summed E-state index contributed by atoms with van der Waals surface area (Å²) in [4.78, 5) is 37.9. The lowest BCUT2D eigenvalue weighted by molar-refractivity contribution is -0.131. The van der Waals surface area contributed by atoms with Crippen molar-refractivity contribution in [2.75, 3.05) is 11.9 Å². The quantitative estimate of drug-likeness (QED) is 0.505. The molecule has 2 N–H and O–H groups in total. The van der Waals surface area contributed by atoms with Crippen LogP contribution in [0.1, 0.15) is 38.5 Å². The monoisotopic (exact) mass is 475 g/mol. The molecular weight excluding hydrogens is 457 g/mol. The van der Waals surface area contributed by atoms with Crippen LogP contribution in [0.5, 0.6) is 0 Å². The van der Waals surface area contributed by atoms with Gasteiger partial charge in [0.15, 0.2) is 0 Å². The summed E-state index contributed by atoms with van der Waals surface area (Å²) in [5.74, 6) is -0.332. The average Bonchev–Trinajstić information content (AvgIpc) is 3.11. The van der Waals surface area contributed by atoms with Crippen LogP contribution in [0.2, 0.25) is 5.02 Å². The smallest absolute Gasteiger partial charge is 0.325 e. The number of imide groups is 1. The minimum Gasteiger partial charge on any atom is -0.325 e. The number of nitrogens with one attached hydrogen (secondary N) is 2. The molecule has 0 unspecified atom stereocenters. The highest BCUT2D eigenvalue weighted by molar-refractivity contribution is 14.1. The van der Waals surface area contributed by atoms with Gasteiger partial charge in [0.25, 0.3) is 5.91 Å². The lowest BCUT2D eigenvalue weighted by Gasteiger charge is -2.19. The number of carbonyl (C=O) groups is 3. The zero-order valence-electron chi connectivity index (χ0n) is 13.6. The normalized spacial score (nSPS) is 18.7. The van der Waals surface area contributed by atoms with Gasteiger partial charge in [-0.3, -0.25) is 14.5 Å². The Kier molecular flexibility index (Phi) is 5.52. The van der Waals surface area contributed by atoms with Crippen LogP contribution < -0.4 is 10.6 Å². The molecule has 1 aliphatic carbocycles. The second-order valence-electron chi connectivity index (χ2n) is 6.45. The lowest BCUT2D eigenvalue weighted by atomic mass is 9.98. The molecule has 6 nitrogen and oxygen atoms in total. The summed E-state index contributed by atoms with van der Waals surface area (Å²) in [6.45, 7) is 0.250. The van der Waals surface area contributed by atoms with Crippen molar-refractivity contribution in [1.29, 1.82) is 0 Å². The molecule has 1 heterocycles. The molecule has 0 aromatic heterocycles. The SMILES string of the molecule is O=C(CCCN1C(=O)NC2(CCCC2)C1=O)Nc1ccc(I)cc1Cl. The van der Waals surface area contributed by atoms with Gasteiger partial charge in [0.05, 0.1) is 10.7 Å². The van der Waals surface area contributed by atoms with Crippen molar-refractivity contribution in [1.82, 2.24) is 10.2 Å². The van der Waals surface area contributed by atoms with E-state index in [1.165, 1.54) is 4.90 Å². The van der Waals surface area contributed by atoms with Crippen LogP contribution in [0, 0.1) is 3.57 Å². The molecule has 0 radical (unpaired) electrons. The van der Waals surface area contributed by atoms with Gasteiger partial charge in [-0.15, -0.1) is 0 Å². The molecule has 0 bridgehead atoms. The van der Waals surface area contributed by atoms with Crippen LogP contribution in [-0.4, -0.2) is 34.8 Å². The van der Waals surface area contributed by atoms with Crippen molar-refractivity contribution >= 4 is 57.7 Å². The lowest BCUT2D eigenvalue weighted by Crippen LogP contribution is -2.44. The van der Waals surface area contributed by atoms with E-state index in [4.69, 9.17) is 11.6 Å². The van der Waals surface area contributed by atoms with Crippen molar-refractivity contribution in [3.05, 3.63) is 26.8 Å². The van der Waals surface area contributed by atoms with Crippen molar-refractivity contribution in [2.45, 2.75) is 44.1 Å². The minimum atomic E-state index is -0.686. The van der Waals surface area contributed by atoms with Crippen LogP contribution in [0.15, 0.2) is 18.2 Å². The fourth-order valence-electron chi connectivity index (χ4n) is 3.40. The molecule has 1 aliphatic heterocycles. The zero-order valence-corrected chi connectivity index (χ0v) is 16.5. The number of hydrogen-bond acceptors (Lipinski definition) is 3. The second kappa shape index (κ2) is 7.49. The first-order valence-electron chi connectivity index (χ1n) is 8.30. The highest BCUT2D eigenvalue weighted by atomic mass is 127. The van der Waals surface area contributed by atoms with Gasteiger partial charge < -0.3 is 10.6 Å². The van der Waals surface area contributed by atoms with Gasteiger partial charge in [-0.05, 0) is 60.1 Å². The molecule has 4 amide bonds. The summed E-state index contributed by atoms with van der Waals surface area (Å²) in [5.41, 5.74) is -0.124. The number of amides is 4. The van der Waals surface area contributed by atoms with E-state index in [9.17, 15) is 14.4 Å². The van der Waals surface area contributed by atoms with Crippen molar-refractivity contribution in [3.63, 3.8) is 0 Å². The summed E-state index contributed by atoms with van der Waals surface area (Å²) in [5, 5.41) is 6.08. The number of nitrogens with zero attached hydrogens (tertiary/aromatic N) is 1. The van der Waals surface area contributed by atoms with Gasteiger partial charge in [0.2, 0.25) is 5.91 Å². The molecule has 3 rings (SSSR count). The molecule has 0 atom stereocenters. The summed E-state index contributed by atoms with van der Waals surface area (Å²) in [6, 6.07) is 5.04. The van der Waals surface area contributed by atoms with Crippen molar-refractivity contribution in [3.8, 4) is 0 Å². The maximum absolute atomic E-state index is 12.5. The van der Waals surface area contributed by atoms with Gasteiger partial charge in [-0.25, -0.2) is 4.79 Å². The van der Waals surface area contributed by atoms with E-state index in [0.717, 1.165) is 16.4 Å². The van der Waals surface area contributed by atoms with E-state index in [2.05, 4.69) is 33.2 Å².